The van der Waals surface area contributed by atoms with E-state index >= 15 is 0 Å². The third-order valence-electron chi connectivity index (χ3n) is 3.44. The molecule has 0 aliphatic heterocycles. The van der Waals surface area contributed by atoms with Gasteiger partial charge in [-0.3, -0.25) is 0 Å². The molecule has 21 heavy (non-hydrogen) atoms. The first-order valence-electron chi connectivity index (χ1n) is 7.16. The van der Waals surface area contributed by atoms with Crippen LogP contribution in [0, 0.1) is 6.92 Å². The van der Waals surface area contributed by atoms with Crippen molar-refractivity contribution >= 4 is 33.0 Å². The maximum atomic E-state index is 4.56. The number of thiazole rings is 1. The molecule has 0 saturated carbocycles. The van der Waals surface area contributed by atoms with Gasteiger partial charge in [-0.1, -0.05) is 22.9 Å². The number of halogens is 1. The molecule has 1 aromatic carbocycles. The van der Waals surface area contributed by atoms with Crippen LogP contribution in [-0.4, -0.2) is 18.6 Å². The zero-order valence-corrected chi connectivity index (χ0v) is 15.4. The molecule has 0 aliphatic rings. The summed E-state index contributed by atoms with van der Waals surface area (Å²) in [5.74, 6) is 0. The van der Waals surface area contributed by atoms with Crippen LogP contribution >= 0.6 is 27.3 Å². The van der Waals surface area contributed by atoms with Crippen LogP contribution in [0.5, 0.6) is 0 Å². The smallest absolute Gasteiger partial charge is 0.0898 e. The lowest BCUT2D eigenvalue weighted by molar-refractivity contribution is 0.596. The van der Waals surface area contributed by atoms with Crippen molar-refractivity contribution in [3.8, 4) is 0 Å². The average Bonchev–Trinajstić information content (AvgIpc) is 2.84. The van der Waals surface area contributed by atoms with Crippen molar-refractivity contribution in [3.63, 3.8) is 0 Å². The molecule has 0 aliphatic carbocycles. The molecule has 114 valence electrons. The summed E-state index contributed by atoms with van der Waals surface area (Å²) in [6.07, 6.45) is 0. The third-order valence-corrected chi connectivity index (χ3v) is 4.76. The molecule has 3 nitrogen and oxygen atoms in total. The molecule has 1 aromatic heterocycles. The Hall–Kier alpha value is -0.910. The van der Waals surface area contributed by atoms with Crippen molar-refractivity contribution in [1.82, 2.24) is 10.3 Å². The number of anilines is 1. The molecule has 0 radical (unpaired) electrons. The standard InChI is InChI=1S/C16H22BrN3S/c1-5-18-11(2)15-8-13(17)6-7-16(15)20(4)9-14-10-21-12(3)19-14/h6-8,10-11,18H,5,9H2,1-4H3. The second kappa shape index (κ2) is 7.38. The van der Waals surface area contributed by atoms with Crippen molar-refractivity contribution in [1.29, 1.82) is 0 Å². The molecule has 1 atom stereocenters. The van der Waals surface area contributed by atoms with Crippen molar-refractivity contribution < 1.29 is 0 Å². The van der Waals surface area contributed by atoms with E-state index in [1.807, 2.05) is 6.92 Å². The van der Waals surface area contributed by atoms with E-state index in [0.717, 1.165) is 28.3 Å². The highest BCUT2D eigenvalue weighted by molar-refractivity contribution is 9.10. The fourth-order valence-corrected chi connectivity index (χ4v) is 3.43. The Labute approximate surface area is 139 Å². The van der Waals surface area contributed by atoms with Gasteiger partial charge in [-0.25, -0.2) is 4.98 Å². The summed E-state index contributed by atoms with van der Waals surface area (Å²) in [7, 11) is 2.13. The quantitative estimate of drug-likeness (QED) is 0.813. The van der Waals surface area contributed by atoms with Crippen molar-refractivity contribution in [2.24, 2.45) is 0 Å². The van der Waals surface area contributed by atoms with E-state index in [1.54, 1.807) is 11.3 Å². The fourth-order valence-electron chi connectivity index (χ4n) is 2.44. The number of hydrogen-bond donors (Lipinski definition) is 1. The molecule has 1 N–H and O–H groups in total. The Balaban J connectivity index is 2.25. The van der Waals surface area contributed by atoms with E-state index in [-0.39, 0.29) is 0 Å². The highest BCUT2D eigenvalue weighted by Crippen LogP contribution is 2.30. The predicted octanol–water partition coefficient (Wildman–Crippen LogP) is 4.52. The summed E-state index contributed by atoms with van der Waals surface area (Å²) in [6, 6.07) is 6.79. The molecule has 5 heteroatoms. The number of aromatic nitrogens is 1. The fraction of sp³-hybridized carbons (Fsp3) is 0.438. The second-order valence-corrected chi connectivity index (χ2v) is 7.17. The van der Waals surface area contributed by atoms with Crippen molar-refractivity contribution in [2.75, 3.05) is 18.5 Å². The van der Waals surface area contributed by atoms with E-state index in [0.29, 0.717) is 6.04 Å². The Morgan fingerprint density at radius 1 is 1.43 bits per heavy atom. The lowest BCUT2D eigenvalue weighted by atomic mass is 10.1. The minimum absolute atomic E-state index is 0.321. The van der Waals surface area contributed by atoms with E-state index in [4.69, 9.17) is 0 Å². The second-order valence-electron chi connectivity index (χ2n) is 5.20. The van der Waals surface area contributed by atoms with E-state index < -0.39 is 0 Å². The van der Waals surface area contributed by atoms with Crippen LogP contribution in [0.2, 0.25) is 0 Å². The van der Waals surface area contributed by atoms with Gasteiger partial charge in [-0.2, -0.15) is 0 Å². The van der Waals surface area contributed by atoms with E-state index in [1.165, 1.54) is 11.3 Å². The minimum Gasteiger partial charge on any atom is -0.368 e. The van der Waals surface area contributed by atoms with Gasteiger partial charge in [0, 0.05) is 28.6 Å². The van der Waals surface area contributed by atoms with Crippen LogP contribution in [0.1, 0.15) is 36.2 Å². The van der Waals surface area contributed by atoms with Crippen LogP contribution in [0.3, 0.4) is 0 Å². The highest BCUT2D eigenvalue weighted by atomic mass is 79.9. The third kappa shape index (κ3) is 4.28. The van der Waals surface area contributed by atoms with E-state index in [9.17, 15) is 0 Å². The van der Waals surface area contributed by atoms with Crippen LogP contribution in [0.15, 0.2) is 28.1 Å². The first-order valence-corrected chi connectivity index (χ1v) is 8.83. The molecule has 0 bridgehead atoms. The lowest BCUT2D eigenvalue weighted by Crippen LogP contribution is -2.23. The first-order chi connectivity index (χ1) is 10.0. The van der Waals surface area contributed by atoms with Gasteiger partial charge in [0.05, 0.1) is 17.2 Å². The van der Waals surface area contributed by atoms with Gasteiger partial charge in [-0.05, 0) is 44.2 Å². The van der Waals surface area contributed by atoms with Crippen LogP contribution < -0.4 is 10.2 Å². The zero-order valence-electron chi connectivity index (χ0n) is 13.0. The predicted molar refractivity (Wildman–Crippen MR) is 95.2 cm³/mol. The first kappa shape index (κ1) is 16.5. The van der Waals surface area contributed by atoms with Gasteiger partial charge in [0.2, 0.25) is 0 Å². The number of nitrogens with one attached hydrogen (secondary N) is 1. The van der Waals surface area contributed by atoms with Crippen molar-refractivity contribution in [3.05, 3.63) is 44.3 Å². The Kier molecular flexibility index (Phi) is 5.79. The molecular formula is C16H22BrN3S. The molecule has 0 fully saturated rings. The van der Waals surface area contributed by atoms with E-state index in [2.05, 4.69) is 75.6 Å². The Morgan fingerprint density at radius 3 is 2.81 bits per heavy atom. The number of rotatable bonds is 6. The molecule has 0 spiro atoms. The number of aryl methyl sites for hydroxylation is 1. The molecule has 1 heterocycles. The Morgan fingerprint density at radius 2 is 2.19 bits per heavy atom. The minimum atomic E-state index is 0.321. The molecule has 2 rings (SSSR count). The Bertz CT molecular complexity index is 597. The lowest BCUT2D eigenvalue weighted by Gasteiger charge is -2.25. The SMILES string of the molecule is CCNC(C)c1cc(Br)ccc1N(C)Cc1csc(C)n1. The summed E-state index contributed by atoms with van der Waals surface area (Å²) in [5, 5.41) is 6.75. The van der Waals surface area contributed by atoms with Gasteiger partial charge in [0.25, 0.3) is 0 Å². The van der Waals surface area contributed by atoms with Crippen LogP contribution in [0.4, 0.5) is 5.69 Å². The number of hydrogen-bond acceptors (Lipinski definition) is 4. The van der Waals surface area contributed by atoms with Crippen molar-refractivity contribution in [2.45, 2.75) is 33.4 Å². The monoisotopic (exact) mass is 367 g/mol. The number of nitrogens with zero attached hydrogens (tertiary/aromatic N) is 2. The molecule has 2 aromatic rings. The van der Waals surface area contributed by atoms with Gasteiger partial charge < -0.3 is 10.2 Å². The maximum absolute atomic E-state index is 4.56. The molecular weight excluding hydrogens is 346 g/mol. The molecule has 0 amide bonds. The molecule has 1 unspecified atom stereocenters. The average molecular weight is 368 g/mol. The van der Waals surface area contributed by atoms with Gasteiger partial charge in [-0.15, -0.1) is 11.3 Å². The summed E-state index contributed by atoms with van der Waals surface area (Å²) in [6.45, 7) is 8.18. The summed E-state index contributed by atoms with van der Waals surface area (Å²) in [4.78, 5) is 6.82. The summed E-state index contributed by atoms with van der Waals surface area (Å²) < 4.78 is 1.11. The highest BCUT2D eigenvalue weighted by Gasteiger charge is 2.14. The largest absolute Gasteiger partial charge is 0.368 e. The topological polar surface area (TPSA) is 28.2 Å². The number of benzene rings is 1. The van der Waals surface area contributed by atoms with Gasteiger partial charge in [0.15, 0.2) is 0 Å². The summed E-state index contributed by atoms with van der Waals surface area (Å²) in [5.41, 5.74) is 3.68. The van der Waals surface area contributed by atoms with Crippen LogP contribution in [-0.2, 0) is 6.54 Å². The van der Waals surface area contributed by atoms with Gasteiger partial charge in [0.1, 0.15) is 0 Å². The maximum Gasteiger partial charge on any atom is 0.0898 e. The summed E-state index contributed by atoms with van der Waals surface area (Å²) >= 11 is 5.28. The zero-order chi connectivity index (χ0) is 15.4. The van der Waals surface area contributed by atoms with Crippen LogP contribution in [0.25, 0.3) is 0 Å². The van der Waals surface area contributed by atoms with Gasteiger partial charge >= 0.3 is 0 Å². The molecule has 0 saturated heterocycles. The normalized spacial score (nSPS) is 12.4.